The number of anilines is 1. The molecule has 0 unspecified atom stereocenters. The first-order valence-electron chi connectivity index (χ1n) is 10.1. The third kappa shape index (κ3) is 4.46. The fourth-order valence-electron chi connectivity index (χ4n) is 3.85. The average Bonchev–Trinajstić information content (AvgIpc) is 3.26. The molecule has 2 aromatic heterocycles. The van der Waals surface area contributed by atoms with Crippen molar-refractivity contribution in [1.82, 2.24) is 24.6 Å². The molecule has 0 saturated carbocycles. The van der Waals surface area contributed by atoms with E-state index in [-0.39, 0.29) is 18.4 Å². The third-order valence-corrected chi connectivity index (χ3v) is 5.59. The molecule has 8 heteroatoms. The monoisotopic (exact) mass is 424 g/mol. The van der Waals surface area contributed by atoms with E-state index in [2.05, 4.69) is 10.1 Å². The highest BCUT2D eigenvalue weighted by Crippen LogP contribution is 2.34. The number of hydrogen-bond acceptors (Lipinski definition) is 5. The average molecular weight is 425 g/mol. The molecule has 1 aliphatic heterocycles. The largest absolute Gasteiger partial charge is 0.347 e. The van der Waals surface area contributed by atoms with Gasteiger partial charge in [-0.15, -0.1) is 0 Å². The van der Waals surface area contributed by atoms with E-state index in [1.807, 2.05) is 66.6 Å². The zero-order chi connectivity index (χ0) is 21.1. The van der Waals surface area contributed by atoms with Gasteiger partial charge in [0.1, 0.15) is 6.54 Å². The molecule has 0 radical (unpaired) electrons. The molecule has 1 saturated heterocycles. The number of carbonyl (C=O) groups is 1. The Labute approximate surface area is 181 Å². The normalized spacial score (nSPS) is 16.5. The Bertz CT molecular complexity index is 1020. The lowest BCUT2D eigenvalue weighted by molar-refractivity contribution is -0.133. The van der Waals surface area contributed by atoms with E-state index in [4.69, 9.17) is 16.6 Å². The number of carbonyl (C=O) groups excluding carboxylic acids is 1. The predicted molar refractivity (Wildman–Crippen MR) is 118 cm³/mol. The van der Waals surface area contributed by atoms with Crippen LogP contribution in [0, 0.1) is 0 Å². The fraction of sp³-hybridized carbons (Fsp3) is 0.364. The van der Waals surface area contributed by atoms with Crippen LogP contribution in [0.1, 0.15) is 24.5 Å². The van der Waals surface area contributed by atoms with E-state index in [0.717, 1.165) is 36.2 Å². The van der Waals surface area contributed by atoms with Crippen LogP contribution in [-0.2, 0) is 11.3 Å². The molecule has 0 bridgehead atoms. The van der Waals surface area contributed by atoms with Gasteiger partial charge in [-0.25, -0.2) is 9.97 Å². The van der Waals surface area contributed by atoms with Gasteiger partial charge in [0.25, 0.3) is 0 Å². The molecule has 1 aromatic carbocycles. The van der Waals surface area contributed by atoms with Crippen LogP contribution in [0.15, 0.2) is 48.9 Å². The molecular weight excluding hydrogens is 400 g/mol. The zero-order valence-corrected chi connectivity index (χ0v) is 18.0. The number of likely N-dealkylation sites (tertiary alicyclic amines) is 1. The lowest BCUT2D eigenvalue weighted by atomic mass is 9.90. The second kappa shape index (κ2) is 8.83. The molecular formula is C22H25ClN6O. The first-order valence-corrected chi connectivity index (χ1v) is 10.4. The highest BCUT2D eigenvalue weighted by atomic mass is 35.5. The SMILES string of the molecule is CN(C)c1ncc(-c2cccc(Cl)c2)c([C@H]2CCCN(C(=O)Cn3cccn3)C2)n1. The van der Waals surface area contributed by atoms with Crippen LogP contribution in [0.3, 0.4) is 0 Å². The highest BCUT2D eigenvalue weighted by molar-refractivity contribution is 6.30. The molecule has 1 fully saturated rings. The Morgan fingerprint density at radius 2 is 2.17 bits per heavy atom. The first-order chi connectivity index (χ1) is 14.5. The molecule has 1 aliphatic rings. The molecule has 7 nitrogen and oxygen atoms in total. The minimum Gasteiger partial charge on any atom is -0.347 e. The third-order valence-electron chi connectivity index (χ3n) is 5.36. The van der Waals surface area contributed by atoms with Gasteiger partial charge in [0, 0.05) is 62.3 Å². The van der Waals surface area contributed by atoms with Crippen LogP contribution in [0.2, 0.25) is 5.02 Å². The maximum absolute atomic E-state index is 12.8. The lowest BCUT2D eigenvalue weighted by Gasteiger charge is -2.33. The maximum Gasteiger partial charge on any atom is 0.244 e. The van der Waals surface area contributed by atoms with E-state index in [0.29, 0.717) is 17.5 Å². The number of aromatic nitrogens is 4. The summed E-state index contributed by atoms with van der Waals surface area (Å²) in [4.78, 5) is 26.1. The maximum atomic E-state index is 12.8. The number of halogens is 1. The summed E-state index contributed by atoms with van der Waals surface area (Å²) >= 11 is 6.24. The molecule has 0 N–H and O–H groups in total. The van der Waals surface area contributed by atoms with Crippen molar-refractivity contribution in [3.05, 3.63) is 59.6 Å². The van der Waals surface area contributed by atoms with E-state index < -0.39 is 0 Å². The van der Waals surface area contributed by atoms with E-state index in [9.17, 15) is 4.79 Å². The molecule has 30 heavy (non-hydrogen) atoms. The van der Waals surface area contributed by atoms with Crippen molar-refractivity contribution in [3.63, 3.8) is 0 Å². The number of hydrogen-bond donors (Lipinski definition) is 0. The van der Waals surface area contributed by atoms with Gasteiger partial charge in [0.05, 0.1) is 5.69 Å². The molecule has 3 aromatic rings. The summed E-state index contributed by atoms with van der Waals surface area (Å²) in [7, 11) is 3.86. The van der Waals surface area contributed by atoms with Crippen LogP contribution >= 0.6 is 11.6 Å². The van der Waals surface area contributed by atoms with Crippen LogP contribution in [0.25, 0.3) is 11.1 Å². The number of benzene rings is 1. The second-order valence-electron chi connectivity index (χ2n) is 7.76. The molecule has 0 aliphatic carbocycles. The molecule has 0 spiro atoms. The molecule has 1 amide bonds. The Balaban J connectivity index is 1.64. The van der Waals surface area contributed by atoms with Gasteiger partial charge in [-0.3, -0.25) is 9.48 Å². The summed E-state index contributed by atoms with van der Waals surface area (Å²) in [5.74, 6) is 0.876. The zero-order valence-electron chi connectivity index (χ0n) is 17.2. The van der Waals surface area contributed by atoms with E-state index >= 15 is 0 Å². The van der Waals surface area contributed by atoms with Crippen molar-refractivity contribution in [2.45, 2.75) is 25.3 Å². The second-order valence-corrected chi connectivity index (χ2v) is 8.19. The van der Waals surface area contributed by atoms with E-state index in [1.54, 1.807) is 10.9 Å². The standard InChI is InChI=1S/C22H25ClN6O/c1-27(2)22-24-13-19(16-6-3-8-18(23)12-16)21(26-22)17-7-4-10-28(14-17)20(30)15-29-11-5-9-25-29/h3,5-6,8-9,11-13,17H,4,7,10,14-15H2,1-2H3/t17-/m0/s1. The fourth-order valence-corrected chi connectivity index (χ4v) is 4.04. The quantitative estimate of drug-likeness (QED) is 0.627. The lowest BCUT2D eigenvalue weighted by Crippen LogP contribution is -2.41. The van der Waals surface area contributed by atoms with Crippen molar-refractivity contribution < 1.29 is 4.79 Å². The van der Waals surface area contributed by atoms with Gasteiger partial charge in [0.15, 0.2) is 0 Å². The summed E-state index contributed by atoms with van der Waals surface area (Å²) in [6.45, 7) is 1.65. The Kier molecular flexibility index (Phi) is 5.99. The van der Waals surface area contributed by atoms with Crippen molar-refractivity contribution >= 4 is 23.5 Å². The number of amides is 1. The summed E-state index contributed by atoms with van der Waals surface area (Å²) in [6.07, 6.45) is 7.28. The highest BCUT2D eigenvalue weighted by Gasteiger charge is 2.28. The number of nitrogens with zero attached hydrogens (tertiary/aromatic N) is 6. The predicted octanol–water partition coefficient (Wildman–Crippen LogP) is 3.47. The summed E-state index contributed by atoms with van der Waals surface area (Å²) < 4.78 is 1.66. The Hall–Kier alpha value is -2.93. The van der Waals surface area contributed by atoms with Gasteiger partial charge in [-0.2, -0.15) is 5.10 Å². The Morgan fingerprint density at radius 3 is 2.90 bits per heavy atom. The van der Waals surface area contributed by atoms with Crippen LogP contribution in [0.5, 0.6) is 0 Å². The minimum absolute atomic E-state index is 0.0783. The molecule has 3 heterocycles. The van der Waals surface area contributed by atoms with E-state index in [1.165, 1.54) is 0 Å². The van der Waals surface area contributed by atoms with Crippen molar-refractivity contribution in [2.75, 3.05) is 32.1 Å². The summed E-state index contributed by atoms with van der Waals surface area (Å²) in [5, 5.41) is 4.83. The van der Waals surface area contributed by atoms with Crippen LogP contribution in [-0.4, -0.2) is 57.7 Å². The molecule has 4 rings (SSSR count). The smallest absolute Gasteiger partial charge is 0.244 e. The minimum atomic E-state index is 0.0783. The van der Waals surface area contributed by atoms with Gasteiger partial charge < -0.3 is 9.80 Å². The summed E-state index contributed by atoms with van der Waals surface area (Å²) in [5.41, 5.74) is 2.92. The van der Waals surface area contributed by atoms with Crippen LogP contribution in [0.4, 0.5) is 5.95 Å². The molecule has 156 valence electrons. The Morgan fingerprint density at radius 1 is 1.30 bits per heavy atom. The van der Waals surface area contributed by atoms with Gasteiger partial charge in [-0.1, -0.05) is 23.7 Å². The number of piperidine rings is 1. The van der Waals surface area contributed by atoms with Gasteiger partial charge in [0.2, 0.25) is 11.9 Å². The van der Waals surface area contributed by atoms with Crippen molar-refractivity contribution in [2.24, 2.45) is 0 Å². The first kappa shape index (κ1) is 20.3. The van der Waals surface area contributed by atoms with Crippen LogP contribution < -0.4 is 4.90 Å². The van der Waals surface area contributed by atoms with Crippen molar-refractivity contribution in [3.8, 4) is 11.1 Å². The van der Waals surface area contributed by atoms with Gasteiger partial charge >= 0.3 is 0 Å². The number of rotatable bonds is 5. The van der Waals surface area contributed by atoms with Gasteiger partial charge in [-0.05, 0) is 36.6 Å². The summed E-state index contributed by atoms with van der Waals surface area (Å²) in [6, 6.07) is 9.57. The van der Waals surface area contributed by atoms with Crippen molar-refractivity contribution in [1.29, 1.82) is 0 Å². The molecule has 1 atom stereocenters. The topological polar surface area (TPSA) is 67.2 Å².